The van der Waals surface area contributed by atoms with E-state index in [0.717, 1.165) is 6.42 Å². The van der Waals surface area contributed by atoms with Crippen molar-refractivity contribution in [2.45, 2.75) is 46.1 Å². The van der Waals surface area contributed by atoms with Crippen LogP contribution in [-0.2, 0) is 19.6 Å². The predicted molar refractivity (Wildman–Crippen MR) is 67.2 cm³/mol. The summed E-state index contributed by atoms with van der Waals surface area (Å²) in [5.41, 5.74) is 0. The fraction of sp³-hybridized carbons (Fsp3) is 0.909. The lowest BCUT2D eigenvalue weighted by Gasteiger charge is -2.26. The quantitative estimate of drug-likeness (QED) is 0.622. The molecule has 0 saturated carbocycles. The summed E-state index contributed by atoms with van der Waals surface area (Å²) in [5, 5.41) is 0. The van der Waals surface area contributed by atoms with E-state index in [9.17, 15) is 13.2 Å². The number of sulfonamides is 1. The minimum Gasteiger partial charge on any atom is -0.469 e. The lowest BCUT2D eigenvalue weighted by atomic mass is 10.3. The summed E-state index contributed by atoms with van der Waals surface area (Å²) in [5.74, 6) is -0.368. The Hall–Kier alpha value is -0.620. The van der Waals surface area contributed by atoms with Gasteiger partial charge in [0, 0.05) is 19.0 Å². The van der Waals surface area contributed by atoms with Crippen molar-refractivity contribution in [3.8, 4) is 0 Å². The summed E-state index contributed by atoms with van der Waals surface area (Å²) in [4.78, 5) is 10.9. The molecule has 0 saturated heterocycles. The third-order valence-corrected chi connectivity index (χ3v) is 4.90. The maximum absolute atomic E-state index is 12.0. The molecule has 0 radical (unpaired) electrons. The van der Waals surface area contributed by atoms with E-state index >= 15 is 0 Å². The van der Waals surface area contributed by atoms with Gasteiger partial charge in [-0.1, -0.05) is 13.8 Å². The van der Waals surface area contributed by atoms with E-state index in [1.165, 1.54) is 11.4 Å². The number of methoxy groups -OCH3 is 1. The Balaban J connectivity index is 4.39. The SMILES string of the molecule is CCC(C)N(CC)S(=O)(=O)CCCC(=O)OC. The highest BCUT2D eigenvalue weighted by Crippen LogP contribution is 2.12. The first-order valence-electron chi connectivity index (χ1n) is 5.95. The van der Waals surface area contributed by atoms with Crippen molar-refractivity contribution < 1.29 is 17.9 Å². The van der Waals surface area contributed by atoms with E-state index in [4.69, 9.17) is 0 Å². The highest BCUT2D eigenvalue weighted by molar-refractivity contribution is 7.89. The van der Waals surface area contributed by atoms with Crippen LogP contribution in [0.5, 0.6) is 0 Å². The lowest BCUT2D eigenvalue weighted by molar-refractivity contribution is -0.140. The summed E-state index contributed by atoms with van der Waals surface area (Å²) in [6.45, 7) is 6.14. The number of esters is 1. The second-order valence-corrected chi connectivity index (χ2v) is 6.00. The van der Waals surface area contributed by atoms with Gasteiger partial charge in [-0.3, -0.25) is 4.79 Å². The Morgan fingerprint density at radius 3 is 2.35 bits per heavy atom. The first kappa shape index (κ1) is 16.4. The topological polar surface area (TPSA) is 63.7 Å². The molecule has 5 nitrogen and oxygen atoms in total. The normalized spacial score (nSPS) is 13.7. The predicted octanol–water partition coefficient (Wildman–Crippen LogP) is 1.39. The van der Waals surface area contributed by atoms with Gasteiger partial charge < -0.3 is 4.74 Å². The number of carbonyl (C=O) groups excluding carboxylic acids is 1. The Morgan fingerprint density at radius 1 is 1.35 bits per heavy atom. The van der Waals surface area contributed by atoms with E-state index in [0.29, 0.717) is 13.0 Å². The van der Waals surface area contributed by atoms with Crippen LogP contribution in [0.3, 0.4) is 0 Å². The van der Waals surface area contributed by atoms with Crippen LogP contribution < -0.4 is 0 Å². The molecular weight excluding hydrogens is 242 g/mol. The number of ether oxygens (including phenoxy) is 1. The molecule has 0 aliphatic rings. The van der Waals surface area contributed by atoms with Gasteiger partial charge in [-0.05, 0) is 19.8 Å². The lowest BCUT2D eigenvalue weighted by Crippen LogP contribution is -2.39. The molecule has 0 aromatic carbocycles. The summed E-state index contributed by atoms with van der Waals surface area (Å²) >= 11 is 0. The van der Waals surface area contributed by atoms with Crippen molar-refractivity contribution >= 4 is 16.0 Å². The fourth-order valence-corrected chi connectivity index (χ4v) is 3.44. The van der Waals surface area contributed by atoms with Crippen LogP contribution in [0.1, 0.15) is 40.0 Å². The van der Waals surface area contributed by atoms with Gasteiger partial charge in [0.25, 0.3) is 0 Å². The zero-order chi connectivity index (χ0) is 13.5. The molecule has 0 aliphatic heterocycles. The van der Waals surface area contributed by atoms with Crippen molar-refractivity contribution in [2.75, 3.05) is 19.4 Å². The van der Waals surface area contributed by atoms with E-state index in [1.807, 2.05) is 20.8 Å². The Kier molecular flexibility index (Phi) is 7.38. The Bertz CT molecular complexity index is 326. The molecule has 1 atom stereocenters. The molecule has 0 rings (SSSR count). The van der Waals surface area contributed by atoms with Gasteiger partial charge in [0.05, 0.1) is 12.9 Å². The molecule has 0 aromatic rings. The maximum atomic E-state index is 12.0. The minimum absolute atomic E-state index is 0.000278. The third-order valence-electron chi connectivity index (χ3n) is 2.76. The van der Waals surface area contributed by atoms with Crippen molar-refractivity contribution in [1.82, 2.24) is 4.31 Å². The minimum atomic E-state index is -3.26. The molecule has 0 spiro atoms. The number of hydrogen-bond donors (Lipinski definition) is 0. The maximum Gasteiger partial charge on any atom is 0.305 e. The largest absolute Gasteiger partial charge is 0.469 e. The number of hydrogen-bond acceptors (Lipinski definition) is 4. The summed E-state index contributed by atoms with van der Waals surface area (Å²) in [6.07, 6.45) is 1.24. The molecule has 102 valence electrons. The van der Waals surface area contributed by atoms with E-state index in [-0.39, 0.29) is 24.2 Å². The van der Waals surface area contributed by atoms with Gasteiger partial charge >= 0.3 is 5.97 Å². The number of rotatable bonds is 8. The average molecular weight is 265 g/mol. The van der Waals surface area contributed by atoms with E-state index < -0.39 is 10.0 Å². The molecule has 17 heavy (non-hydrogen) atoms. The second kappa shape index (κ2) is 7.66. The average Bonchev–Trinajstić information content (AvgIpc) is 2.28. The van der Waals surface area contributed by atoms with Gasteiger partial charge in [-0.25, -0.2) is 8.42 Å². The van der Waals surface area contributed by atoms with Crippen LogP contribution in [-0.4, -0.2) is 44.1 Å². The zero-order valence-corrected chi connectivity index (χ0v) is 11.9. The number of nitrogens with zero attached hydrogens (tertiary/aromatic N) is 1. The fourth-order valence-electron chi connectivity index (χ4n) is 1.60. The van der Waals surface area contributed by atoms with E-state index in [2.05, 4.69) is 4.74 Å². The molecule has 0 amide bonds. The molecule has 0 heterocycles. The van der Waals surface area contributed by atoms with Crippen LogP contribution in [0.25, 0.3) is 0 Å². The molecule has 0 N–H and O–H groups in total. The van der Waals surface area contributed by atoms with Crippen LogP contribution in [0.15, 0.2) is 0 Å². The zero-order valence-electron chi connectivity index (χ0n) is 11.1. The number of carbonyl (C=O) groups is 1. The van der Waals surface area contributed by atoms with Crippen LogP contribution in [0, 0.1) is 0 Å². The van der Waals surface area contributed by atoms with Crippen molar-refractivity contribution in [3.05, 3.63) is 0 Å². The highest BCUT2D eigenvalue weighted by atomic mass is 32.2. The molecular formula is C11H23NO4S. The van der Waals surface area contributed by atoms with Gasteiger partial charge in [0.1, 0.15) is 0 Å². The van der Waals surface area contributed by atoms with E-state index in [1.54, 1.807) is 0 Å². The first-order chi connectivity index (χ1) is 7.88. The molecule has 6 heteroatoms. The van der Waals surface area contributed by atoms with Gasteiger partial charge in [0.2, 0.25) is 10.0 Å². The monoisotopic (exact) mass is 265 g/mol. The van der Waals surface area contributed by atoms with Gasteiger partial charge in [-0.15, -0.1) is 0 Å². The van der Waals surface area contributed by atoms with Crippen LogP contribution >= 0.6 is 0 Å². The molecule has 0 aromatic heterocycles. The Labute approximate surface area is 104 Å². The standard InChI is InChI=1S/C11H23NO4S/c1-5-10(3)12(6-2)17(14,15)9-7-8-11(13)16-4/h10H,5-9H2,1-4H3. The Morgan fingerprint density at radius 2 is 1.94 bits per heavy atom. The van der Waals surface area contributed by atoms with Crippen LogP contribution in [0.2, 0.25) is 0 Å². The highest BCUT2D eigenvalue weighted by Gasteiger charge is 2.24. The molecule has 0 aliphatic carbocycles. The second-order valence-electron chi connectivity index (χ2n) is 3.96. The van der Waals surface area contributed by atoms with Crippen molar-refractivity contribution in [3.63, 3.8) is 0 Å². The van der Waals surface area contributed by atoms with Crippen LogP contribution in [0.4, 0.5) is 0 Å². The first-order valence-corrected chi connectivity index (χ1v) is 7.56. The third kappa shape index (κ3) is 5.50. The smallest absolute Gasteiger partial charge is 0.305 e. The summed E-state index contributed by atoms with van der Waals surface area (Å²) in [6, 6.07) is 0.00290. The molecule has 1 unspecified atom stereocenters. The van der Waals surface area contributed by atoms with Crippen molar-refractivity contribution in [1.29, 1.82) is 0 Å². The van der Waals surface area contributed by atoms with Gasteiger partial charge in [-0.2, -0.15) is 4.31 Å². The van der Waals surface area contributed by atoms with Crippen molar-refractivity contribution in [2.24, 2.45) is 0 Å². The van der Waals surface area contributed by atoms with Gasteiger partial charge in [0.15, 0.2) is 0 Å². The summed E-state index contributed by atoms with van der Waals surface area (Å²) in [7, 11) is -1.96. The summed E-state index contributed by atoms with van der Waals surface area (Å²) < 4.78 is 30.0. The molecule has 0 fully saturated rings. The molecule has 0 bridgehead atoms.